The van der Waals surface area contributed by atoms with Gasteiger partial charge < -0.3 is 14.8 Å². The topological polar surface area (TPSA) is 33.7 Å². The van der Waals surface area contributed by atoms with E-state index in [2.05, 4.69) is 24.1 Å². The average Bonchev–Trinajstić information content (AvgIpc) is 2.39. The van der Waals surface area contributed by atoms with Crippen molar-refractivity contribution in [3.8, 4) is 0 Å². The van der Waals surface area contributed by atoms with E-state index in [0.717, 1.165) is 45.8 Å². The first-order chi connectivity index (χ1) is 9.11. The molecule has 3 aliphatic rings. The van der Waals surface area contributed by atoms with Gasteiger partial charge in [-0.15, -0.1) is 0 Å². The molecule has 0 aromatic carbocycles. The highest BCUT2D eigenvalue weighted by atomic mass is 16.5. The Hall–Kier alpha value is -0.160. The second kappa shape index (κ2) is 5.32. The average molecular weight is 268 g/mol. The first kappa shape index (κ1) is 13.8. The molecule has 3 saturated heterocycles. The van der Waals surface area contributed by atoms with Gasteiger partial charge in [0.25, 0.3) is 0 Å². The van der Waals surface area contributed by atoms with E-state index in [1.807, 2.05) is 0 Å². The van der Waals surface area contributed by atoms with Gasteiger partial charge in [-0.3, -0.25) is 4.90 Å². The van der Waals surface area contributed by atoms with Crippen LogP contribution in [0, 0.1) is 0 Å². The van der Waals surface area contributed by atoms with E-state index in [1.165, 1.54) is 19.4 Å². The summed E-state index contributed by atoms with van der Waals surface area (Å²) in [6, 6.07) is 0.684. The molecule has 0 saturated carbocycles. The fourth-order valence-corrected chi connectivity index (χ4v) is 4.03. The molecule has 0 bridgehead atoms. The summed E-state index contributed by atoms with van der Waals surface area (Å²) >= 11 is 0. The fourth-order valence-electron chi connectivity index (χ4n) is 4.03. The van der Waals surface area contributed by atoms with Crippen LogP contribution in [0.15, 0.2) is 0 Å². The van der Waals surface area contributed by atoms with Crippen molar-refractivity contribution in [2.75, 3.05) is 39.5 Å². The second-order valence-electron chi connectivity index (χ2n) is 6.97. The minimum Gasteiger partial charge on any atom is -0.381 e. The third kappa shape index (κ3) is 2.82. The van der Waals surface area contributed by atoms with E-state index in [4.69, 9.17) is 9.47 Å². The molecular formula is C15H28N2O2. The lowest BCUT2D eigenvalue weighted by Crippen LogP contribution is -2.63. The Bertz CT molecular complexity index is 308. The number of hydrogen-bond donors (Lipinski definition) is 1. The van der Waals surface area contributed by atoms with Gasteiger partial charge in [0.15, 0.2) is 0 Å². The monoisotopic (exact) mass is 268 g/mol. The standard InChI is InChI=1S/C15H28N2O2/c1-14(2)12-16-6-7-17(14)13-3-8-19-15(11-13)4-9-18-10-5-15/h13,16H,3-12H2,1-2H3. The Morgan fingerprint density at radius 3 is 2.68 bits per heavy atom. The van der Waals surface area contributed by atoms with Gasteiger partial charge in [-0.1, -0.05) is 0 Å². The van der Waals surface area contributed by atoms with Crippen molar-refractivity contribution in [3.05, 3.63) is 0 Å². The van der Waals surface area contributed by atoms with E-state index in [0.29, 0.717) is 6.04 Å². The smallest absolute Gasteiger partial charge is 0.0741 e. The van der Waals surface area contributed by atoms with E-state index >= 15 is 0 Å². The summed E-state index contributed by atoms with van der Waals surface area (Å²) in [5.41, 5.74) is 0.384. The van der Waals surface area contributed by atoms with Gasteiger partial charge >= 0.3 is 0 Å². The molecule has 0 amide bonds. The number of nitrogens with one attached hydrogen (secondary N) is 1. The molecule has 19 heavy (non-hydrogen) atoms. The minimum atomic E-state index is 0.113. The number of ether oxygens (including phenoxy) is 2. The lowest BCUT2D eigenvalue weighted by molar-refractivity contribution is -0.159. The van der Waals surface area contributed by atoms with Crippen LogP contribution in [0.3, 0.4) is 0 Å². The third-order valence-corrected chi connectivity index (χ3v) is 5.18. The summed E-state index contributed by atoms with van der Waals surface area (Å²) in [7, 11) is 0. The Kier molecular flexibility index (Phi) is 3.87. The van der Waals surface area contributed by atoms with Gasteiger partial charge in [-0.05, 0) is 39.5 Å². The maximum absolute atomic E-state index is 6.17. The molecule has 1 unspecified atom stereocenters. The van der Waals surface area contributed by atoms with Crippen LogP contribution in [0.25, 0.3) is 0 Å². The van der Waals surface area contributed by atoms with Crippen molar-refractivity contribution in [3.63, 3.8) is 0 Å². The van der Waals surface area contributed by atoms with Crippen molar-refractivity contribution in [2.24, 2.45) is 0 Å². The van der Waals surface area contributed by atoms with Crippen LogP contribution in [-0.2, 0) is 9.47 Å². The Balaban J connectivity index is 1.70. The zero-order valence-electron chi connectivity index (χ0n) is 12.4. The summed E-state index contributed by atoms with van der Waals surface area (Å²) in [4.78, 5) is 2.73. The predicted octanol–water partition coefficient (Wildman–Crippen LogP) is 1.40. The van der Waals surface area contributed by atoms with Gasteiger partial charge in [0.1, 0.15) is 0 Å². The molecule has 0 aliphatic carbocycles. The van der Waals surface area contributed by atoms with Crippen molar-refractivity contribution in [2.45, 2.75) is 56.7 Å². The molecule has 1 spiro atoms. The SMILES string of the molecule is CC1(C)CNCCN1C1CCOC2(CCOCC2)C1. The second-order valence-corrected chi connectivity index (χ2v) is 6.97. The van der Waals surface area contributed by atoms with Crippen LogP contribution >= 0.6 is 0 Å². The molecule has 110 valence electrons. The van der Waals surface area contributed by atoms with E-state index in [-0.39, 0.29) is 11.1 Å². The quantitative estimate of drug-likeness (QED) is 0.779. The van der Waals surface area contributed by atoms with E-state index in [1.54, 1.807) is 0 Å². The Labute approximate surface area is 116 Å². The zero-order valence-corrected chi connectivity index (χ0v) is 12.4. The van der Waals surface area contributed by atoms with E-state index in [9.17, 15) is 0 Å². The summed E-state index contributed by atoms with van der Waals surface area (Å²) < 4.78 is 11.7. The minimum absolute atomic E-state index is 0.113. The Morgan fingerprint density at radius 1 is 1.16 bits per heavy atom. The van der Waals surface area contributed by atoms with Gasteiger partial charge in [-0.2, -0.15) is 0 Å². The molecule has 3 rings (SSSR count). The summed E-state index contributed by atoms with van der Waals surface area (Å²) in [6.45, 7) is 10.8. The largest absolute Gasteiger partial charge is 0.381 e. The number of hydrogen-bond acceptors (Lipinski definition) is 4. The van der Waals surface area contributed by atoms with Gasteiger partial charge in [0.2, 0.25) is 0 Å². The van der Waals surface area contributed by atoms with Gasteiger partial charge in [0.05, 0.1) is 5.60 Å². The molecule has 0 aromatic heterocycles. The first-order valence-electron chi connectivity index (χ1n) is 7.81. The van der Waals surface area contributed by atoms with Crippen molar-refractivity contribution >= 4 is 0 Å². The van der Waals surface area contributed by atoms with Gasteiger partial charge in [0, 0.05) is 51.0 Å². The highest BCUT2D eigenvalue weighted by Crippen LogP contribution is 2.38. The molecular weight excluding hydrogens is 240 g/mol. The fraction of sp³-hybridized carbons (Fsp3) is 1.00. The van der Waals surface area contributed by atoms with Crippen LogP contribution < -0.4 is 5.32 Å². The van der Waals surface area contributed by atoms with Crippen LogP contribution in [0.2, 0.25) is 0 Å². The van der Waals surface area contributed by atoms with Gasteiger partial charge in [-0.25, -0.2) is 0 Å². The zero-order chi connectivity index (χ0) is 13.3. The third-order valence-electron chi connectivity index (χ3n) is 5.18. The molecule has 1 N–H and O–H groups in total. The van der Waals surface area contributed by atoms with Crippen molar-refractivity contribution in [1.29, 1.82) is 0 Å². The lowest BCUT2D eigenvalue weighted by atomic mass is 9.82. The van der Waals surface area contributed by atoms with Crippen LogP contribution in [0.1, 0.15) is 39.5 Å². The van der Waals surface area contributed by atoms with Crippen molar-refractivity contribution < 1.29 is 9.47 Å². The first-order valence-corrected chi connectivity index (χ1v) is 7.81. The summed E-state index contributed by atoms with van der Waals surface area (Å²) in [5.74, 6) is 0. The summed E-state index contributed by atoms with van der Waals surface area (Å²) in [5, 5.41) is 3.52. The van der Waals surface area contributed by atoms with Crippen LogP contribution in [0.5, 0.6) is 0 Å². The number of rotatable bonds is 1. The normalized spacial score (nSPS) is 35.4. The summed E-state index contributed by atoms with van der Waals surface area (Å²) in [6.07, 6.45) is 4.54. The molecule has 4 nitrogen and oxygen atoms in total. The molecule has 0 aromatic rings. The predicted molar refractivity (Wildman–Crippen MR) is 75.4 cm³/mol. The number of piperazine rings is 1. The maximum atomic E-state index is 6.17. The van der Waals surface area contributed by atoms with Crippen LogP contribution in [-0.4, -0.2) is 61.5 Å². The lowest BCUT2D eigenvalue weighted by Gasteiger charge is -2.52. The molecule has 1 atom stereocenters. The highest BCUT2D eigenvalue weighted by Gasteiger charge is 2.44. The van der Waals surface area contributed by atoms with E-state index < -0.39 is 0 Å². The van der Waals surface area contributed by atoms with Crippen LogP contribution in [0.4, 0.5) is 0 Å². The molecule has 3 heterocycles. The highest BCUT2D eigenvalue weighted by molar-refractivity contribution is 4.98. The molecule has 0 radical (unpaired) electrons. The maximum Gasteiger partial charge on any atom is 0.0741 e. The Morgan fingerprint density at radius 2 is 1.95 bits per heavy atom. The molecule has 3 aliphatic heterocycles. The number of nitrogens with zero attached hydrogens (tertiary/aromatic N) is 1. The molecule has 4 heteroatoms. The molecule has 3 fully saturated rings. The van der Waals surface area contributed by atoms with Crippen molar-refractivity contribution in [1.82, 2.24) is 10.2 Å².